The Bertz CT molecular complexity index is 1000. The number of rotatable bonds is 6. The first-order chi connectivity index (χ1) is 13.8. The van der Waals surface area contributed by atoms with Gasteiger partial charge in [0.1, 0.15) is 11.5 Å². The van der Waals surface area contributed by atoms with Crippen LogP contribution in [0.2, 0.25) is 0 Å². The quantitative estimate of drug-likeness (QED) is 0.666. The normalized spacial score (nSPS) is 11.2. The second-order valence-electron chi connectivity index (χ2n) is 5.89. The summed E-state index contributed by atoms with van der Waals surface area (Å²) in [7, 11) is 3.00. The molecule has 0 atom stereocenters. The topological polar surface area (TPSA) is 86.5 Å². The fourth-order valence-corrected chi connectivity index (χ4v) is 2.53. The number of hydrogen-bond acceptors (Lipinski definition) is 6. The van der Waals surface area contributed by atoms with E-state index in [4.69, 9.17) is 13.9 Å². The van der Waals surface area contributed by atoms with Gasteiger partial charge in [-0.2, -0.15) is 13.2 Å². The molecule has 1 heterocycles. The third kappa shape index (κ3) is 4.84. The van der Waals surface area contributed by atoms with Crippen LogP contribution >= 0.6 is 0 Å². The van der Waals surface area contributed by atoms with E-state index >= 15 is 0 Å². The molecular weight excluding hydrogens is 391 g/mol. The first-order valence-corrected chi connectivity index (χ1v) is 8.32. The lowest BCUT2D eigenvalue weighted by molar-refractivity contribution is -0.137. The van der Waals surface area contributed by atoms with Crippen LogP contribution in [0.4, 0.5) is 19.2 Å². The molecule has 0 aliphatic heterocycles. The van der Waals surface area contributed by atoms with Crippen molar-refractivity contribution in [3.63, 3.8) is 0 Å². The lowest BCUT2D eigenvalue weighted by Gasteiger charge is -2.09. The molecule has 29 heavy (non-hydrogen) atoms. The number of aromatic nitrogens is 2. The minimum atomic E-state index is -4.44. The van der Waals surface area contributed by atoms with Crippen LogP contribution in [-0.2, 0) is 17.4 Å². The van der Waals surface area contributed by atoms with E-state index in [1.54, 1.807) is 18.2 Å². The maximum atomic E-state index is 12.6. The molecular formula is C19H16F3N3O4. The highest BCUT2D eigenvalue weighted by Gasteiger charge is 2.30. The summed E-state index contributed by atoms with van der Waals surface area (Å²) in [5, 5.41) is 9.88. The molecule has 152 valence electrons. The zero-order valence-corrected chi connectivity index (χ0v) is 15.4. The van der Waals surface area contributed by atoms with Crippen molar-refractivity contribution in [2.24, 2.45) is 0 Å². The Hall–Kier alpha value is -3.56. The van der Waals surface area contributed by atoms with Gasteiger partial charge in [0.05, 0.1) is 26.2 Å². The second kappa shape index (κ2) is 8.21. The largest absolute Gasteiger partial charge is 0.497 e. The zero-order valence-electron chi connectivity index (χ0n) is 15.4. The molecule has 0 saturated heterocycles. The number of carbonyl (C=O) groups is 1. The van der Waals surface area contributed by atoms with Crippen LogP contribution in [0.25, 0.3) is 11.5 Å². The van der Waals surface area contributed by atoms with E-state index in [0.29, 0.717) is 22.6 Å². The Balaban J connectivity index is 1.68. The molecule has 10 heteroatoms. The molecule has 0 unspecified atom stereocenters. The molecule has 0 saturated carbocycles. The number of hydrogen-bond donors (Lipinski definition) is 1. The highest BCUT2D eigenvalue weighted by molar-refractivity contribution is 5.90. The van der Waals surface area contributed by atoms with Crippen molar-refractivity contribution < 1.29 is 31.9 Å². The summed E-state index contributed by atoms with van der Waals surface area (Å²) < 4.78 is 53.6. The number of alkyl halides is 3. The average molecular weight is 407 g/mol. The van der Waals surface area contributed by atoms with Crippen molar-refractivity contribution in [1.82, 2.24) is 10.2 Å². The van der Waals surface area contributed by atoms with Gasteiger partial charge in [0.25, 0.3) is 0 Å². The monoisotopic (exact) mass is 407 g/mol. The molecule has 1 aromatic heterocycles. The highest BCUT2D eigenvalue weighted by atomic mass is 19.4. The van der Waals surface area contributed by atoms with Gasteiger partial charge in [-0.15, -0.1) is 5.10 Å². The van der Waals surface area contributed by atoms with Gasteiger partial charge in [-0.05, 0) is 30.3 Å². The van der Waals surface area contributed by atoms with Crippen molar-refractivity contribution >= 4 is 11.9 Å². The van der Waals surface area contributed by atoms with Crippen LogP contribution in [-0.4, -0.2) is 30.3 Å². The molecule has 1 amide bonds. The van der Waals surface area contributed by atoms with Crippen molar-refractivity contribution in [1.29, 1.82) is 0 Å². The third-order valence-corrected chi connectivity index (χ3v) is 3.98. The lowest BCUT2D eigenvalue weighted by Crippen LogP contribution is -2.15. The van der Waals surface area contributed by atoms with Crippen LogP contribution < -0.4 is 14.8 Å². The maximum Gasteiger partial charge on any atom is 0.416 e. The van der Waals surface area contributed by atoms with Gasteiger partial charge in [-0.1, -0.05) is 11.2 Å². The first-order valence-electron chi connectivity index (χ1n) is 8.32. The van der Waals surface area contributed by atoms with E-state index < -0.39 is 17.6 Å². The van der Waals surface area contributed by atoms with Crippen LogP contribution in [0.15, 0.2) is 46.9 Å². The van der Waals surface area contributed by atoms with Crippen molar-refractivity contribution in [3.05, 3.63) is 53.6 Å². The summed E-state index contributed by atoms with van der Waals surface area (Å²) in [6, 6.07) is 9.12. The summed E-state index contributed by atoms with van der Waals surface area (Å²) >= 11 is 0. The van der Waals surface area contributed by atoms with E-state index in [2.05, 4.69) is 15.5 Å². The predicted octanol–water partition coefficient (Wildman–Crippen LogP) is 3.95. The molecule has 3 rings (SSSR count). The Morgan fingerprint density at radius 2 is 1.79 bits per heavy atom. The number of nitrogens with one attached hydrogen (secondary N) is 1. The Morgan fingerprint density at radius 3 is 2.41 bits per heavy atom. The van der Waals surface area contributed by atoms with E-state index in [9.17, 15) is 18.0 Å². The molecule has 0 spiro atoms. The molecule has 1 N–H and O–H groups in total. The number of benzene rings is 2. The van der Waals surface area contributed by atoms with Gasteiger partial charge in [-0.3, -0.25) is 10.1 Å². The van der Waals surface area contributed by atoms with Crippen LogP contribution in [0.3, 0.4) is 0 Å². The minimum Gasteiger partial charge on any atom is -0.497 e. The highest BCUT2D eigenvalue weighted by Crippen LogP contribution is 2.31. The van der Waals surface area contributed by atoms with Gasteiger partial charge in [0.15, 0.2) is 0 Å². The van der Waals surface area contributed by atoms with Gasteiger partial charge in [0.2, 0.25) is 11.8 Å². The summed E-state index contributed by atoms with van der Waals surface area (Å²) in [5.74, 6) is 0.617. The number of methoxy groups -OCH3 is 2. The zero-order chi connectivity index (χ0) is 21.0. The minimum absolute atomic E-state index is 0.0175. The van der Waals surface area contributed by atoms with Gasteiger partial charge >= 0.3 is 12.2 Å². The number of carbonyl (C=O) groups excluding carboxylic acids is 1. The average Bonchev–Trinajstić information content (AvgIpc) is 3.16. The molecule has 0 radical (unpaired) electrons. The summed E-state index contributed by atoms with van der Waals surface area (Å²) in [4.78, 5) is 12.3. The molecule has 0 aliphatic carbocycles. The van der Waals surface area contributed by atoms with Crippen LogP contribution in [0.5, 0.6) is 11.5 Å². The standard InChI is InChI=1S/C19H16F3N3O4/c1-27-14-8-5-12(15(10-14)28-2)9-16(26)23-18-25-24-17(29-18)11-3-6-13(7-4-11)19(20,21)22/h3-8,10H,9H2,1-2H3,(H,23,25,26). The number of nitrogens with zero attached hydrogens (tertiary/aromatic N) is 2. The molecule has 7 nitrogen and oxygen atoms in total. The molecule has 0 bridgehead atoms. The van der Waals surface area contributed by atoms with E-state index in [0.717, 1.165) is 12.1 Å². The fourth-order valence-electron chi connectivity index (χ4n) is 2.53. The third-order valence-electron chi connectivity index (χ3n) is 3.98. The number of amides is 1. The van der Waals surface area contributed by atoms with Crippen LogP contribution in [0, 0.1) is 0 Å². The van der Waals surface area contributed by atoms with Crippen molar-refractivity contribution in [2.75, 3.05) is 19.5 Å². The first kappa shape index (κ1) is 20.2. The second-order valence-corrected chi connectivity index (χ2v) is 5.89. The molecule has 0 aliphatic rings. The fraction of sp³-hybridized carbons (Fsp3) is 0.211. The predicted molar refractivity (Wildman–Crippen MR) is 96.6 cm³/mol. The van der Waals surface area contributed by atoms with Gasteiger partial charge in [0, 0.05) is 17.2 Å². The molecule has 3 aromatic rings. The summed E-state index contributed by atoms with van der Waals surface area (Å²) in [5.41, 5.74) is 0.124. The summed E-state index contributed by atoms with van der Waals surface area (Å²) in [6.07, 6.45) is -4.46. The smallest absolute Gasteiger partial charge is 0.416 e. The Morgan fingerprint density at radius 1 is 1.07 bits per heavy atom. The number of anilines is 1. The Kier molecular flexibility index (Phi) is 5.71. The maximum absolute atomic E-state index is 12.6. The van der Waals surface area contributed by atoms with Gasteiger partial charge < -0.3 is 13.9 Å². The Labute approximate surface area is 163 Å². The van der Waals surface area contributed by atoms with E-state index in [-0.39, 0.29) is 18.3 Å². The van der Waals surface area contributed by atoms with E-state index in [1.807, 2.05) is 0 Å². The van der Waals surface area contributed by atoms with Gasteiger partial charge in [-0.25, -0.2) is 0 Å². The van der Waals surface area contributed by atoms with Crippen molar-refractivity contribution in [2.45, 2.75) is 12.6 Å². The molecule has 2 aromatic carbocycles. The number of halogens is 3. The van der Waals surface area contributed by atoms with E-state index in [1.165, 1.54) is 26.4 Å². The summed E-state index contributed by atoms with van der Waals surface area (Å²) in [6.45, 7) is 0. The van der Waals surface area contributed by atoms with Crippen LogP contribution in [0.1, 0.15) is 11.1 Å². The lowest BCUT2D eigenvalue weighted by atomic mass is 10.1. The number of ether oxygens (including phenoxy) is 2. The SMILES string of the molecule is COc1ccc(CC(=O)Nc2nnc(-c3ccc(C(F)(F)F)cc3)o2)c(OC)c1. The molecule has 0 fully saturated rings. The van der Waals surface area contributed by atoms with Crippen molar-refractivity contribution in [3.8, 4) is 23.0 Å².